The van der Waals surface area contributed by atoms with Crippen LogP contribution in [0.4, 0.5) is 0 Å². The van der Waals surface area contributed by atoms with E-state index in [1.54, 1.807) is 6.20 Å². The Morgan fingerprint density at radius 3 is 2.67 bits per heavy atom. The summed E-state index contributed by atoms with van der Waals surface area (Å²) in [5.74, 6) is 1.38. The van der Waals surface area contributed by atoms with Gasteiger partial charge in [-0.25, -0.2) is 0 Å². The summed E-state index contributed by atoms with van der Waals surface area (Å²) in [6.07, 6.45) is 6.24. The molecule has 0 bridgehead atoms. The molecule has 0 aliphatic heterocycles. The highest BCUT2D eigenvalue weighted by Gasteiger charge is 2.07. The molecule has 0 saturated heterocycles. The van der Waals surface area contributed by atoms with Gasteiger partial charge in [-0.2, -0.15) is 0 Å². The zero-order valence-electron chi connectivity index (χ0n) is 12.1. The zero-order chi connectivity index (χ0) is 13.4. The summed E-state index contributed by atoms with van der Waals surface area (Å²) in [4.78, 5) is 4.26. The minimum atomic E-state index is 0.198. The largest absolute Gasteiger partial charge is 0.489 e. The molecule has 0 aliphatic rings. The van der Waals surface area contributed by atoms with Gasteiger partial charge in [0.15, 0.2) is 0 Å². The highest BCUT2D eigenvalue weighted by molar-refractivity contribution is 5.26. The normalized spacial score (nSPS) is 12.7. The van der Waals surface area contributed by atoms with E-state index in [1.807, 2.05) is 20.0 Å². The first-order chi connectivity index (χ1) is 8.63. The van der Waals surface area contributed by atoms with Gasteiger partial charge in [-0.3, -0.25) is 4.98 Å². The first-order valence-electron chi connectivity index (χ1n) is 6.95. The van der Waals surface area contributed by atoms with Gasteiger partial charge in [0.2, 0.25) is 0 Å². The Bertz CT molecular complexity index is 339. The van der Waals surface area contributed by atoms with Crippen LogP contribution in [0.1, 0.15) is 52.0 Å². The molecule has 1 heterocycles. The second kappa shape index (κ2) is 8.09. The van der Waals surface area contributed by atoms with E-state index in [-0.39, 0.29) is 6.10 Å². The van der Waals surface area contributed by atoms with Gasteiger partial charge in [0, 0.05) is 6.20 Å². The molecule has 3 nitrogen and oxygen atoms in total. The van der Waals surface area contributed by atoms with Crippen molar-refractivity contribution >= 4 is 0 Å². The maximum absolute atomic E-state index is 5.67. The zero-order valence-corrected chi connectivity index (χ0v) is 12.1. The summed E-state index contributed by atoms with van der Waals surface area (Å²) in [5, 5.41) is 3.43. The molecule has 1 rings (SSSR count). The smallest absolute Gasteiger partial charge is 0.138 e. The highest BCUT2D eigenvalue weighted by Crippen LogP contribution is 2.22. The first-order valence-corrected chi connectivity index (χ1v) is 6.95. The maximum Gasteiger partial charge on any atom is 0.138 e. The minimum absolute atomic E-state index is 0.198. The lowest BCUT2D eigenvalue weighted by molar-refractivity contribution is 0.241. The Balaban J connectivity index is 2.48. The van der Waals surface area contributed by atoms with Gasteiger partial charge in [0.05, 0.1) is 12.3 Å². The second-order valence-electron chi connectivity index (χ2n) is 5.06. The Morgan fingerprint density at radius 2 is 2.00 bits per heavy atom. The van der Waals surface area contributed by atoms with Crippen LogP contribution in [0.2, 0.25) is 0 Å². The molecule has 1 unspecified atom stereocenters. The topological polar surface area (TPSA) is 34.2 Å². The molecular weight excluding hydrogens is 224 g/mol. The Kier molecular flexibility index (Phi) is 6.73. The Morgan fingerprint density at radius 1 is 1.22 bits per heavy atom. The lowest BCUT2D eigenvalue weighted by Gasteiger charge is -2.14. The van der Waals surface area contributed by atoms with E-state index in [0.717, 1.165) is 25.3 Å². The first kappa shape index (κ1) is 15.0. The summed E-state index contributed by atoms with van der Waals surface area (Å²) >= 11 is 0. The summed E-state index contributed by atoms with van der Waals surface area (Å²) in [5.41, 5.74) is 1.26. The molecular formula is C15H26N2O. The van der Waals surface area contributed by atoms with Crippen LogP contribution >= 0.6 is 0 Å². The summed E-state index contributed by atoms with van der Waals surface area (Å²) in [7, 11) is 0. The van der Waals surface area contributed by atoms with E-state index in [0.29, 0.717) is 5.92 Å². The molecule has 1 atom stereocenters. The molecule has 102 valence electrons. The molecule has 0 amide bonds. The summed E-state index contributed by atoms with van der Waals surface area (Å²) in [6, 6.07) is 2.11. The quantitative estimate of drug-likeness (QED) is 0.718. The predicted octanol–water partition coefficient (Wildman–Crippen LogP) is 3.36. The fourth-order valence-electron chi connectivity index (χ4n) is 1.83. The van der Waals surface area contributed by atoms with Crippen molar-refractivity contribution in [3.8, 4) is 5.75 Å². The molecule has 3 heteroatoms. The van der Waals surface area contributed by atoms with Crippen LogP contribution < -0.4 is 10.1 Å². The van der Waals surface area contributed by atoms with Crippen molar-refractivity contribution in [1.82, 2.24) is 10.3 Å². The number of rotatable bonds is 8. The van der Waals surface area contributed by atoms with Gasteiger partial charge in [-0.15, -0.1) is 0 Å². The van der Waals surface area contributed by atoms with Crippen LogP contribution in [0.3, 0.4) is 0 Å². The predicted molar refractivity (Wildman–Crippen MR) is 76.2 cm³/mol. The average molecular weight is 250 g/mol. The van der Waals surface area contributed by atoms with Crippen LogP contribution in [-0.2, 0) is 0 Å². The van der Waals surface area contributed by atoms with E-state index in [4.69, 9.17) is 4.74 Å². The van der Waals surface area contributed by atoms with Crippen LogP contribution in [0.25, 0.3) is 0 Å². The van der Waals surface area contributed by atoms with Gasteiger partial charge in [-0.1, -0.05) is 13.8 Å². The van der Waals surface area contributed by atoms with Crippen molar-refractivity contribution in [3.63, 3.8) is 0 Å². The molecule has 18 heavy (non-hydrogen) atoms. The van der Waals surface area contributed by atoms with Gasteiger partial charge in [0.25, 0.3) is 0 Å². The second-order valence-corrected chi connectivity index (χ2v) is 5.06. The lowest BCUT2D eigenvalue weighted by Crippen LogP contribution is -2.17. The van der Waals surface area contributed by atoms with Crippen LogP contribution in [0.5, 0.6) is 5.75 Å². The molecule has 0 fully saturated rings. The van der Waals surface area contributed by atoms with Crippen molar-refractivity contribution in [2.24, 2.45) is 0 Å². The lowest BCUT2D eigenvalue weighted by atomic mass is 9.99. The summed E-state index contributed by atoms with van der Waals surface area (Å²) < 4.78 is 5.67. The van der Waals surface area contributed by atoms with Gasteiger partial charge < -0.3 is 10.1 Å². The van der Waals surface area contributed by atoms with E-state index < -0.39 is 0 Å². The van der Waals surface area contributed by atoms with Crippen molar-refractivity contribution in [3.05, 3.63) is 24.0 Å². The molecule has 0 radical (unpaired) electrons. The van der Waals surface area contributed by atoms with E-state index >= 15 is 0 Å². The molecule has 0 spiro atoms. The van der Waals surface area contributed by atoms with Crippen molar-refractivity contribution in [1.29, 1.82) is 0 Å². The molecule has 1 N–H and O–H groups in total. The number of nitrogens with zero attached hydrogens (tertiary/aromatic N) is 1. The Labute approximate surface area is 111 Å². The molecule has 0 aliphatic carbocycles. The van der Waals surface area contributed by atoms with Gasteiger partial charge in [-0.05, 0) is 57.3 Å². The third-order valence-corrected chi connectivity index (χ3v) is 2.86. The summed E-state index contributed by atoms with van der Waals surface area (Å²) in [6.45, 7) is 10.7. The van der Waals surface area contributed by atoms with E-state index in [1.165, 1.54) is 12.0 Å². The van der Waals surface area contributed by atoms with Gasteiger partial charge >= 0.3 is 0 Å². The fraction of sp³-hybridized carbons (Fsp3) is 0.667. The van der Waals surface area contributed by atoms with E-state index in [9.17, 15) is 0 Å². The third kappa shape index (κ3) is 5.50. The van der Waals surface area contributed by atoms with Crippen molar-refractivity contribution < 1.29 is 4.74 Å². The van der Waals surface area contributed by atoms with E-state index in [2.05, 4.69) is 30.2 Å². The standard InChI is InChI=1S/C15H26N2O/c1-5-7-16-8-6-13(4)14-9-15(11-17-10-14)18-12(2)3/h9-13,16H,5-8H2,1-4H3. The monoisotopic (exact) mass is 250 g/mol. The number of aromatic nitrogens is 1. The molecule has 0 saturated carbocycles. The number of ether oxygens (including phenoxy) is 1. The number of pyridine rings is 1. The van der Waals surface area contributed by atoms with Gasteiger partial charge in [0.1, 0.15) is 5.75 Å². The third-order valence-electron chi connectivity index (χ3n) is 2.86. The van der Waals surface area contributed by atoms with Crippen molar-refractivity contribution in [2.45, 2.75) is 52.6 Å². The molecule has 1 aromatic rings. The number of nitrogens with one attached hydrogen (secondary N) is 1. The SMILES string of the molecule is CCCNCCC(C)c1cncc(OC(C)C)c1. The average Bonchev–Trinajstić information content (AvgIpc) is 2.34. The number of hydrogen-bond donors (Lipinski definition) is 1. The minimum Gasteiger partial charge on any atom is -0.489 e. The molecule has 1 aromatic heterocycles. The maximum atomic E-state index is 5.67. The van der Waals surface area contributed by atoms with Crippen LogP contribution in [0.15, 0.2) is 18.5 Å². The fourth-order valence-corrected chi connectivity index (χ4v) is 1.83. The van der Waals surface area contributed by atoms with Crippen molar-refractivity contribution in [2.75, 3.05) is 13.1 Å². The van der Waals surface area contributed by atoms with Crippen LogP contribution in [0, 0.1) is 0 Å². The number of hydrogen-bond acceptors (Lipinski definition) is 3. The highest BCUT2D eigenvalue weighted by atomic mass is 16.5. The Hall–Kier alpha value is -1.09. The molecule has 0 aromatic carbocycles. The van der Waals surface area contributed by atoms with Crippen LogP contribution in [-0.4, -0.2) is 24.2 Å².